The van der Waals surface area contributed by atoms with Gasteiger partial charge in [-0.05, 0) is 52.7 Å². The zero-order valence-corrected chi connectivity index (χ0v) is 16.1. The third-order valence-electron chi connectivity index (χ3n) is 5.24. The summed E-state index contributed by atoms with van der Waals surface area (Å²) in [7, 11) is 0. The molecule has 140 valence electrons. The molecule has 5 rings (SSSR count). The van der Waals surface area contributed by atoms with E-state index in [4.69, 9.17) is 0 Å². The molecule has 0 unspecified atom stereocenters. The van der Waals surface area contributed by atoms with Crippen molar-refractivity contribution in [2.24, 2.45) is 0 Å². The van der Waals surface area contributed by atoms with Crippen molar-refractivity contribution in [1.82, 2.24) is 4.57 Å². The highest BCUT2D eigenvalue weighted by Gasteiger charge is 2.16. The van der Waals surface area contributed by atoms with Crippen molar-refractivity contribution in [2.75, 3.05) is 4.90 Å². The van der Waals surface area contributed by atoms with Gasteiger partial charge in [-0.1, -0.05) is 78.9 Å². The van der Waals surface area contributed by atoms with Crippen LogP contribution in [0.25, 0.3) is 10.8 Å². The van der Waals surface area contributed by atoms with Gasteiger partial charge >= 0.3 is 0 Å². The van der Waals surface area contributed by atoms with Crippen LogP contribution < -0.4 is 4.90 Å². The van der Waals surface area contributed by atoms with E-state index >= 15 is 0 Å². The van der Waals surface area contributed by atoms with E-state index in [-0.39, 0.29) is 0 Å². The molecule has 0 spiro atoms. The smallest absolute Gasteiger partial charge is 0.117 e. The molecule has 4 aromatic carbocycles. The SMILES string of the molecule is c1ccc(Cn2cccc2N(c2ccccc2)c2ccc3ccccc3c2)cc1. The Hall–Kier alpha value is -3.78. The largest absolute Gasteiger partial charge is 0.330 e. The molecular weight excluding hydrogens is 352 g/mol. The molecule has 0 saturated carbocycles. The topological polar surface area (TPSA) is 8.17 Å². The van der Waals surface area contributed by atoms with Crippen molar-refractivity contribution in [3.8, 4) is 0 Å². The van der Waals surface area contributed by atoms with Crippen LogP contribution >= 0.6 is 0 Å². The third-order valence-corrected chi connectivity index (χ3v) is 5.24. The predicted octanol–water partition coefficient (Wildman–Crippen LogP) is 7.16. The van der Waals surface area contributed by atoms with Crippen LogP contribution in [0.2, 0.25) is 0 Å². The number of hydrogen-bond acceptors (Lipinski definition) is 1. The molecule has 5 aromatic rings. The highest BCUT2D eigenvalue weighted by molar-refractivity contribution is 5.88. The maximum atomic E-state index is 2.33. The van der Waals surface area contributed by atoms with Crippen LogP contribution in [0.15, 0.2) is 121 Å². The number of nitrogens with zero attached hydrogens (tertiary/aromatic N) is 2. The maximum Gasteiger partial charge on any atom is 0.117 e. The number of hydrogen-bond donors (Lipinski definition) is 0. The lowest BCUT2D eigenvalue weighted by atomic mass is 10.1. The Morgan fingerprint density at radius 2 is 1.24 bits per heavy atom. The van der Waals surface area contributed by atoms with E-state index in [1.54, 1.807) is 0 Å². The van der Waals surface area contributed by atoms with Crippen LogP contribution in [0, 0.1) is 0 Å². The van der Waals surface area contributed by atoms with Gasteiger partial charge in [0, 0.05) is 24.1 Å². The average Bonchev–Trinajstić information content (AvgIpc) is 3.23. The highest BCUT2D eigenvalue weighted by atomic mass is 15.2. The Morgan fingerprint density at radius 1 is 0.552 bits per heavy atom. The van der Waals surface area contributed by atoms with E-state index in [1.807, 2.05) is 0 Å². The lowest BCUT2D eigenvalue weighted by molar-refractivity contribution is 0.802. The van der Waals surface area contributed by atoms with E-state index in [9.17, 15) is 0 Å². The molecule has 0 aliphatic carbocycles. The Balaban J connectivity index is 1.63. The third kappa shape index (κ3) is 3.53. The molecule has 0 bridgehead atoms. The number of aromatic nitrogens is 1. The number of para-hydroxylation sites is 1. The van der Waals surface area contributed by atoms with Gasteiger partial charge in [0.15, 0.2) is 0 Å². The van der Waals surface area contributed by atoms with Crippen molar-refractivity contribution in [3.63, 3.8) is 0 Å². The standard InChI is InChI=1S/C27H22N2/c1-3-10-22(11-4-1)21-28-19-9-16-27(28)29(25-14-5-2-6-15-25)26-18-17-23-12-7-8-13-24(23)20-26/h1-20H,21H2. The summed E-state index contributed by atoms with van der Waals surface area (Å²) in [4.78, 5) is 2.33. The van der Waals surface area contributed by atoms with E-state index < -0.39 is 0 Å². The second-order valence-electron chi connectivity index (χ2n) is 7.18. The second-order valence-corrected chi connectivity index (χ2v) is 7.18. The maximum absolute atomic E-state index is 2.33. The van der Waals surface area contributed by atoms with Crippen molar-refractivity contribution in [1.29, 1.82) is 0 Å². The van der Waals surface area contributed by atoms with Crippen molar-refractivity contribution in [3.05, 3.63) is 127 Å². The van der Waals surface area contributed by atoms with Crippen molar-refractivity contribution >= 4 is 28.0 Å². The van der Waals surface area contributed by atoms with E-state index in [2.05, 4.69) is 131 Å². The Bertz CT molecular complexity index is 1220. The van der Waals surface area contributed by atoms with Gasteiger partial charge in [-0.25, -0.2) is 0 Å². The fourth-order valence-corrected chi connectivity index (χ4v) is 3.83. The number of rotatable bonds is 5. The lowest BCUT2D eigenvalue weighted by Gasteiger charge is -2.27. The lowest BCUT2D eigenvalue weighted by Crippen LogP contribution is -2.15. The van der Waals surface area contributed by atoms with Gasteiger partial charge in [0.1, 0.15) is 5.82 Å². The summed E-state index contributed by atoms with van der Waals surface area (Å²) in [6.45, 7) is 0.833. The minimum absolute atomic E-state index is 0.833. The van der Waals surface area contributed by atoms with Gasteiger partial charge in [0.25, 0.3) is 0 Å². The Labute approximate surface area is 171 Å². The first-order valence-electron chi connectivity index (χ1n) is 9.91. The molecule has 0 amide bonds. The Morgan fingerprint density at radius 3 is 2.03 bits per heavy atom. The molecule has 2 nitrogen and oxygen atoms in total. The van der Waals surface area contributed by atoms with Crippen LogP contribution in [0.4, 0.5) is 17.2 Å². The molecule has 0 radical (unpaired) electrons. The summed E-state index contributed by atoms with van der Waals surface area (Å²) in [5.41, 5.74) is 3.59. The van der Waals surface area contributed by atoms with E-state index in [1.165, 1.54) is 16.3 Å². The van der Waals surface area contributed by atoms with Crippen LogP contribution in [0.1, 0.15) is 5.56 Å². The van der Waals surface area contributed by atoms with E-state index in [0.717, 1.165) is 23.7 Å². The van der Waals surface area contributed by atoms with Gasteiger partial charge in [-0.2, -0.15) is 0 Å². The molecule has 29 heavy (non-hydrogen) atoms. The molecule has 1 heterocycles. The zero-order chi connectivity index (χ0) is 19.5. The first-order chi connectivity index (χ1) is 14.4. The van der Waals surface area contributed by atoms with E-state index in [0.29, 0.717) is 0 Å². The van der Waals surface area contributed by atoms with Crippen molar-refractivity contribution in [2.45, 2.75) is 6.54 Å². The molecule has 1 aromatic heterocycles. The van der Waals surface area contributed by atoms with Gasteiger partial charge in [0.2, 0.25) is 0 Å². The summed E-state index contributed by atoms with van der Waals surface area (Å²) >= 11 is 0. The first-order valence-corrected chi connectivity index (χ1v) is 9.91. The summed E-state index contributed by atoms with van der Waals surface area (Å²) in [6, 6.07) is 40.6. The monoisotopic (exact) mass is 374 g/mol. The zero-order valence-electron chi connectivity index (χ0n) is 16.1. The van der Waals surface area contributed by atoms with Gasteiger partial charge < -0.3 is 4.57 Å². The second kappa shape index (κ2) is 7.69. The quantitative estimate of drug-likeness (QED) is 0.317. The Kier molecular flexibility index (Phi) is 4.59. The molecule has 0 fully saturated rings. The number of benzene rings is 4. The van der Waals surface area contributed by atoms with Gasteiger partial charge in [-0.3, -0.25) is 4.90 Å². The molecule has 0 N–H and O–H groups in total. The predicted molar refractivity (Wildman–Crippen MR) is 122 cm³/mol. The summed E-state index contributed by atoms with van der Waals surface area (Å²) < 4.78 is 2.30. The molecular formula is C27H22N2. The van der Waals surface area contributed by atoms with Crippen molar-refractivity contribution < 1.29 is 0 Å². The number of fused-ring (bicyclic) bond motifs is 1. The summed E-state index contributed by atoms with van der Waals surface area (Å²) in [5, 5.41) is 2.50. The van der Waals surface area contributed by atoms with Crippen LogP contribution in [-0.4, -0.2) is 4.57 Å². The van der Waals surface area contributed by atoms with Crippen LogP contribution in [0.3, 0.4) is 0 Å². The average molecular weight is 374 g/mol. The summed E-state index contributed by atoms with van der Waals surface area (Å²) in [5.74, 6) is 1.15. The molecule has 0 aliphatic heterocycles. The minimum atomic E-state index is 0.833. The van der Waals surface area contributed by atoms with Crippen LogP contribution in [0.5, 0.6) is 0 Å². The minimum Gasteiger partial charge on any atom is -0.330 e. The molecule has 2 heteroatoms. The summed E-state index contributed by atoms with van der Waals surface area (Å²) in [6.07, 6.45) is 2.15. The normalized spacial score (nSPS) is 10.9. The first kappa shape index (κ1) is 17.3. The molecule has 0 aliphatic rings. The fraction of sp³-hybridized carbons (Fsp3) is 0.0370. The number of anilines is 3. The van der Waals surface area contributed by atoms with Crippen LogP contribution in [-0.2, 0) is 6.54 Å². The van der Waals surface area contributed by atoms with Gasteiger partial charge in [-0.15, -0.1) is 0 Å². The highest BCUT2D eigenvalue weighted by Crippen LogP contribution is 2.36. The fourth-order valence-electron chi connectivity index (χ4n) is 3.83. The van der Waals surface area contributed by atoms with Gasteiger partial charge in [0.05, 0.1) is 0 Å². The molecule has 0 atom stereocenters. The molecule has 0 saturated heterocycles.